The average Bonchev–Trinajstić information content (AvgIpc) is 0.902. The van der Waals surface area contributed by atoms with Gasteiger partial charge in [0.1, 0.15) is 19.3 Å². The maximum Gasteiger partial charge on any atom is 0.472 e. The van der Waals surface area contributed by atoms with Crippen LogP contribution in [0, 0.1) is 11.8 Å². The van der Waals surface area contributed by atoms with Crippen LogP contribution in [0.5, 0.6) is 0 Å². The van der Waals surface area contributed by atoms with Crippen molar-refractivity contribution in [3.63, 3.8) is 0 Å². The summed E-state index contributed by atoms with van der Waals surface area (Å²) >= 11 is 0. The van der Waals surface area contributed by atoms with Crippen molar-refractivity contribution in [1.82, 2.24) is 0 Å². The van der Waals surface area contributed by atoms with Gasteiger partial charge in [-0.1, -0.05) is 427 Å². The maximum atomic E-state index is 13.2. The first-order valence-electron chi connectivity index (χ1n) is 46.1. The van der Waals surface area contributed by atoms with Crippen molar-refractivity contribution in [2.45, 2.75) is 496 Å². The van der Waals surface area contributed by atoms with Gasteiger partial charge < -0.3 is 33.8 Å². The van der Waals surface area contributed by atoms with Crippen LogP contribution in [0.15, 0.2) is 0 Å². The zero-order chi connectivity index (χ0) is 79.2. The molecule has 0 heterocycles. The summed E-state index contributed by atoms with van der Waals surface area (Å²) in [5, 5.41) is 10.7. The van der Waals surface area contributed by atoms with Crippen LogP contribution in [0.2, 0.25) is 0 Å². The van der Waals surface area contributed by atoms with Gasteiger partial charge in [-0.3, -0.25) is 37.3 Å². The zero-order valence-electron chi connectivity index (χ0n) is 71.2. The summed E-state index contributed by atoms with van der Waals surface area (Å²) in [6.07, 6.45) is 73.5. The predicted octanol–water partition coefficient (Wildman–Crippen LogP) is 27.4. The quantitative estimate of drug-likeness (QED) is 0.0222. The molecule has 7 atom stereocenters. The molecular weight excluding hydrogens is 1400 g/mol. The molecule has 0 radical (unpaired) electrons. The number of esters is 4. The van der Waals surface area contributed by atoms with Crippen LogP contribution in [0.3, 0.4) is 0 Å². The minimum Gasteiger partial charge on any atom is -0.462 e. The van der Waals surface area contributed by atoms with E-state index in [1.54, 1.807) is 0 Å². The molecule has 642 valence electrons. The van der Waals surface area contributed by atoms with E-state index in [2.05, 4.69) is 41.5 Å². The highest BCUT2D eigenvalue weighted by atomic mass is 31.2. The molecule has 17 nitrogen and oxygen atoms in total. The molecular formula is C89H174O17P2. The summed E-state index contributed by atoms with van der Waals surface area (Å²) in [6.45, 7) is 9.75. The van der Waals surface area contributed by atoms with Crippen LogP contribution in [0.25, 0.3) is 0 Å². The lowest BCUT2D eigenvalue weighted by atomic mass is 9.99. The van der Waals surface area contributed by atoms with E-state index in [0.29, 0.717) is 25.7 Å². The SMILES string of the molecule is CCCCCCCCCCCCCCCCCCCCCC(=O)OC[C@H](COP(=O)(O)OC[C@@H](O)COP(=O)(O)OC[C@@H](COC(=O)CCCCCCCCCCC(C)CC)OC(=O)CCCCCCCCCCCCCCCCC(C)CC)OC(=O)CCCCCCCCCCCCCCCCCCCCC. The normalized spacial score (nSPS) is 14.3. The number of hydrogen-bond donors (Lipinski definition) is 3. The molecule has 108 heavy (non-hydrogen) atoms. The first-order chi connectivity index (χ1) is 52.4. The minimum absolute atomic E-state index is 0.108. The molecule has 0 aromatic carbocycles. The molecule has 0 saturated carbocycles. The molecule has 0 aliphatic carbocycles. The van der Waals surface area contributed by atoms with Crippen molar-refractivity contribution in [2.24, 2.45) is 11.8 Å². The van der Waals surface area contributed by atoms with E-state index in [0.717, 1.165) is 102 Å². The molecule has 0 aliphatic rings. The molecule has 0 aromatic rings. The van der Waals surface area contributed by atoms with Crippen LogP contribution >= 0.6 is 15.6 Å². The third kappa shape index (κ3) is 79.3. The molecule has 0 spiro atoms. The Bertz CT molecular complexity index is 2070. The Hall–Kier alpha value is -1.94. The smallest absolute Gasteiger partial charge is 0.462 e. The van der Waals surface area contributed by atoms with Crippen LogP contribution in [0.1, 0.15) is 478 Å². The number of ether oxygens (including phenoxy) is 4. The summed E-state index contributed by atoms with van der Waals surface area (Å²) in [5.41, 5.74) is 0. The minimum atomic E-state index is -4.97. The standard InChI is InChI=1S/C89H174O17P2/c1-7-11-13-15-17-19-21-23-25-27-29-31-33-38-42-46-53-59-65-71-86(91)99-77-84(105-88(93)73-67-61-55-47-43-39-34-32-30-28-26-24-22-20-18-16-14-12-8-2)79-103-107(95,96)101-75-83(90)76-102-108(97,98)104-80-85(78-100-87(92)72-66-60-54-50-49-52-58-64-70-82(6)10-4)106-89(94)74-68-62-56-48-44-40-36-35-37-41-45-51-57-63-69-81(5)9-3/h81-85,90H,7-80H2,1-6H3,(H,95,96)(H,97,98)/t81?,82?,83-,84-,85-/m1/s1. The van der Waals surface area contributed by atoms with Crippen molar-refractivity contribution in [2.75, 3.05) is 39.6 Å². The Morgan fingerprint density at radius 1 is 0.259 bits per heavy atom. The van der Waals surface area contributed by atoms with Gasteiger partial charge in [-0.2, -0.15) is 0 Å². The highest BCUT2D eigenvalue weighted by molar-refractivity contribution is 7.47. The third-order valence-electron chi connectivity index (χ3n) is 21.7. The molecule has 0 aliphatic heterocycles. The second kappa shape index (κ2) is 80.3. The number of phosphoric acid groups is 2. The highest BCUT2D eigenvalue weighted by Gasteiger charge is 2.31. The van der Waals surface area contributed by atoms with Crippen molar-refractivity contribution in [3.8, 4) is 0 Å². The van der Waals surface area contributed by atoms with Gasteiger partial charge in [-0.15, -0.1) is 0 Å². The number of aliphatic hydroxyl groups excluding tert-OH is 1. The number of unbranched alkanes of at least 4 members (excludes halogenated alkanes) is 56. The molecule has 0 fully saturated rings. The Morgan fingerprint density at radius 2 is 0.444 bits per heavy atom. The first kappa shape index (κ1) is 106. The summed E-state index contributed by atoms with van der Waals surface area (Å²) in [6, 6.07) is 0. The van der Waals surface area contributed by atoms with Crippen LogP contribution < -0.4 is 0 Å². The van der Waals surface area contributed by atoms with E-state index >= 15 is 0 Å². The monoisotopic (exact) mass is 1580 g/mol. The Kier molecular flexibility index (Phi) is 78.8. The van der Waals surface area contributed by atoms with Crippen LogP contribution in [-0.4, -0.2) is 96.7 Å². The lowest BCUT2D eigenvalue weighted by Gasteiger charge is -2.21. The second-order valence-corrected chi connectivity index (χ2v) is 35.4. The fraction of sp³-hybridized carbons (Fsp3) is 0.955. The Balaban J connectivity index is 5.26. The molecule has 4 unspecified atom stereocenters. The number of carbonyl (C=O) groups is 4. The molecule has 0 saturated heterocycles. The van der Waals surface area contributed by atoms with E-state index in [9.17, 15) is 43.2 Å². The van der Waals surface area contributed by atoms with Gasteiger partial charge in [0.25, 0.3) is 0 Å². The summed E-state index contributed by atoms with van der Waals surface area (Å²) in [7, 11) is -9.93. The summed E-state index contributed by atoms with van der Waals surface area (Å²) < 4.78 is 69.0. The number of phosphoric ester groups is 2. The Morgan fingerprint density at radius 3 is 0.657 bits per heavy atom. The van der Waals surface area contributed by atoms with Gasteiger partial charge in [0.05, 0.1) is 26.4 Å². The number of carbonyl (C=O) groups excluding carboxylic acids is 4. The second-order valence-electron chi connectivity index (χ2n) is 32.5. The number of aliphatic hydroxyl groups is 1. The van der Waals surface area contributed by atoms with E-state index in [4.69, 9.17) is 37.0 Å². The van der Waals surface area contributed by atoms with Gasteiger partial charge in [0.15, 0.2) is 12.2 Å². The lowest BCUT2D eigenvalue weighted by Crippen LogP contribution is -2.30. The van der Waals surface area contributed by atoms with E-state index in [-0.39, 0.29) is 25.7 Å². The van der Waals surface area contributed by atoms with Crippen molar-refractivity contribution < 1.29 is 80.2 Å². The maximum absolute atomic E-state index is 13.2. The van der Waals surface area contributed by atoms with E-state index < -0.39 is 97.5 Å². The lowest BCUT2D eigenvalue weighted by molar-refractivity contribution is -0.161. The molecule has 0 amide bonds. The highest BCUT2D eigenvalue weighted by Crippen LogP contribution is 2.45. The summed E-state index contributed by atoms with van der Waals surface area (Å²) in [5.74, 6) is -0.475. The predicted molar refractivity (Wildman–Crippen MR) is 446 cm³/mol. The van der Waals surface area contributed by atoms with E-state index in [1.807, 2.05) is 0 Å². The van der Waals surface area contributed by atoms with E-state index in [1.165, 1.54) is 295 Å². The van der Waals surface area contributed by atoms with Crippen molar-refractivity contribution >= 4 is 39.5 Å². The molecule has 0 rings (SSSR count). The fourth-order valence-corrected chi connectivity index (χ4v) is 15.5. The van der Waals surface area contributed by atoms with Crippen molar-refractivity contribution in [1.29, 1.82) is 0 Å². The number of rotatable bonds is 88. The Labute approximate surface area is 664 Å². The van der Waals surface area contributed by atoms with Gasteiger partial charge in [-0.25, -0.2) is 9.13 Å². The third-order valence-corrected chi connectivity index (χ3v) is 23.6. The van der Waals surface area contributed by atoms with Crippen molar-refractivity contribution in [3.05, 3.63) is 0 Å². The van der Waals surface area contributed by atoms with Gasteiger partial charge in [-0.05, 0) is 37.5 Å². The molecule has 19 heteroatoms. The molecule has 0 bridgehead atoms. The molecule has 3 N–H and O–H groups in total. The van der Waals surface area contributed by atoms with Gasteiger partial charge in [0, 0.05) is 25.7 Å². The van der Waals surface area contributed by atoms with Crippen LogP contribution in [0.4, 0.5) is 0 Å². The topological polar surface area (TPSA) is 237 Å². The zero-order valence-corrected chi connectivity index (χ0v) is 73.0. The average molecular weight is 1580 g/mol. The first-order valence-corrected chi connectivity index (χ1v) is 49.1. The molecule has 0 aromatic heterocycles. The summed E-state index contributed by atoms with van der Waals surface area (Å²) in [4.78, 5) is 73.4. The van der Waals surface area contributed by atoms with Gasteiger partial charge in [0.2, 0.25) is 0 Å². The largest absolute Gasteiger partial charge is 0.472 e. The fourth-order valence-electron chi connectivity index (χ4n) is 13.9. The van der Waals surface area contributed by atoms with Gasteiger partial charge >= 0.3 is 39.5 Å². The van der Waals surface area contributed by atoms with Crippen LogP contribution in [-0.2, 0) is 65.4 Å². The number of hydrogen-bond acceptors (Lipinski definition) is 15.